The first-order valence-electron chi connectivity index (χ1n) is 2.49. The van der Waals surface area contributed by atoms with E-state index in [2.05, 4.69) is 22.6 Å². The highest BCUT2D eigenvalue weighted by Crippen LogP contribution is 1.97. The molecule has 0 unspecified atom stereocenters. The van der Waals surface area contributed by atoms with Crippen LogP contribution in [0.5, 0.6) is 0 Å². The molecule has 0 atom stereocenters. The number of carbonyl (C=O) groups excluding carboxylic acids is 1. The van der Waals surface area contributed by atoms with Crippen molar-refractivity contribution in [3.8, 4) is 0 Å². The van der Waals surface area contributed by atoms with Gasteiger partial charge in [0.2, 0.25) is 0 Å². The third kappa shape index (κ3) is 1.06. The molecule has 5 nitrogen and oxygen atoms in total. The second-order valence-corrected chi connectivity index (χ2v) is 1.81. The molecule has 1 aromatic rings. The SMILES string of the molecule is Nc1ccnn1C(=O)NS. The van der Waals surface area contributed by atoms with Crippen molar-refractivity contribution < 1.29 is 4.79 Å². The second kappa shape index (κ2) is 2.61. The van der Waals surface area contributed by atoms with E-state index in [0.29, 0.717) is 0 Å². The van der Waals surface area contributed by atoms with Gasteiger partial charge in [0.05, 0.1) is 6.20 Å². The summed E-state index contributed by atoms with van der Waals surface area (Å²) in [5, 5.41) is 3.62. The number of hydrogen-bond donors (Lipinski definition) is 3. The molecule has 6 heteroatoms. The molecule has 1 aromatic heterocycles. The number of nitrogens with two attached hydrogens (primary N) is 1. The van der Waals surface area contributed by atoms with Crippen LogP contribution in [0.15, 0.2) is 12.3 Å². The van der Waals surface area contributed by atoms with Gasteiger partial charge in [-0.05, 0) is 0 Å². The third-order valence-electron chi connectivity index (χ3n) is 0.960. The van der Waals surface area contributed by atoms with E-state index in [9.17, 15) is 4.79 Å². The summed E-state index contributed by atoms with van der Waals surface area (Å²) in [7, 11) is 0. The average Bonchev–Trinajstić information content (AvgIpc) is 2.34. The van der Waals surface area contributed by atoms with Gasteiger partial charge in [0, 0.05) is 6.07 Å². The summed E-state index contributed by atoms with van der Waals surface area (Å²) in [5.74, 6) is 0.284. The van der Waals surface area contributed by atoms with E-state index in [1.165, 1.54) is 12.3 Å². The molecule has 0 aromatic carbocycles. The minimum atomic E-state index is -0.467. The van der Waals surface area contributed by atoms with Crippen molar-refractivity contribution >= 4 is 24.7 Å². The first kappa shape index (κ1) is 6.94. The number of hydrogen-bond acceptors (Lipinski definition) is 4. The van der Waals surface area contributed by atoms with E-state index in [1.54, 1.807) is 0 Å². The Morgan fingerprint density at radius 2 is 2.60 bits per heavy atom. The number of aromatic nitrogens is 2. The van der Waals surface area contributed by atoms with Crippen LogP contribution in [0.2, 0.25) is 0 Å². The van der Waals surface area contributed by atoms with Crippen molar-refractivity contribution in [1.82, 2.24) is 14.5 Å². The zero-order valence-corrected chi connectivity index (χ0v) is 5.88. The molecular formula is C4H6N4OS. The highest BCUT2D eigenvalue weighted by molar-refractivity contribution is 7.78. The molecule has 1 rings (SSSR count). The van der Waals surface area contributed by atoms with Crippen LogP contribution in [0, 0.1) is 0 Å². The molecule has 1 amide bonds. The number of amides is 1. The van der Waals surface area contributed by atoms with Crippen LogP contribution < -0.4 is 10.5 Å². The quantitative estimate of drug-likeness (QED) is 0.460. The smallest absolute Gasteiger partial charge is 0.353 e. The number of nitrogen functional groups attached to an aromatic ring is 1. The van der Waals surface area contributed by atoms with Gasteiger partial charge in [0.1, 0.15) is 5.82 Å². The molecule has 0 saturated carbocycles. The third-order valence-corrected chi connectivity index (χ3v) is 1.15. The lowest BCUT2D eigenvalue weighted by Crippen LogP contribution is -2.22. The molecular weight excluding hydrogens is 152 g/mol. The summed E-state index contributed by atoms with van der Waals surface area (Å²) in [6, 6.07) is 1.05. The van der Waals surface area contributed by atoms with Crippen molar-refractivity contribution in [3.05, 3.63) is 12.3 Å². The van der Waals surface area contributed by atoms with Crippen LogP contribution in [0.4, 0.5) is 10.6 Å². The van der Waals surface area contributed by atoms with Gasteiger partial charge in [0.15, 0.2) is 0 Å². The zero-order valence-electron chi connectivity index (χ0n) is 4.98. The molecule has 0 spiro atoms. The Morgan fingerprint density at radius 1 is 1.90 bits per heavy atom. The first-order chi connectivity index (χ1) is 4.75. The fourth-order valence-electron chi connectivity index (χ4n) is 0.531. The second-order valence-electron chi connectivity index (χ2n) is 1.58. The fourth-order valence-corrected chi connectivity index (χ4v) is 0.625. The molecule has 0 fully saturated rings. The number of carbonyl (C=O) groups is 1. The van der Waals surface area contributed by atoms with Gasteiger partial charge in [0.25, 0.3) is 0 Å². The van der Waals surface area contributed by atoms with Crippen LogP contribution in [0.1, 0.15) is 0 Å². The van der Waals surface area contributed by atoms with Gasteiger partial charge in [-0.15, -0.1) is 0 Å². The lowest BCUT2D eigenvalue weighted by Gasteiger charge is -1.97. The molecule has 0 bridgehead atoms. The predicted octanol–water partition coefficient (Wildman–Crippen LogP) is -0.132. The average molecular weight is 158 g/mol. The number of nitrogens with zero attached hydrogens (tertiary/aromatic N) is 2. The van der Waals surface area contributed by atoms with Crippen molar-refractivity contribution in [2.24, 2.45) is 0 Å². The Hall–Kier alpha value is -1.17. The lowest BCUT2D eigenvalue weighted by atomic mass is 10.6. The van der Waals surface area contributed by atoms with Crippen molar-refractivity contribution in [2.45, 2.75) is 0 Å². The Balaban J connectivity index is 2.93. The summed E-state index contributed by atoms with van der Waals surface area (Å²) in [6.07, 6.45) is 1.43. The van der Waals surface area contributed by atoms with E-state index >= 15 is 0 Å². The zero-order chi connectivity index (χ0) is 7.56. The topological polar surface area (TPSA) is 72.9 Å². The van der Waals surface area contributed by atoms with Gasteiger partial charge in [-0.2, -0.15) is 9.78 Å². The van der Waals surface area contributed by atoms with E-state index in [4.69, 9.17) is 5.73 Å². The molecule has 3 N–H and O–H groups in total. The van der Waals surface area contributed by atoms with Gasteiger partial charge < -0.3 is 5.73 Å². The maximum absolute atomic E-state index is 10.7. The Bertz CT molecular complexity index is 245. The summed E-state index contributed by atoms with van der Waals surface area (Å²) in [4.78, 5) is 10.7. The van der Waals surface area contributed by atoms with E-state index in [-0.39, 0.29) is 5.82 Å². The van der Waals surface area contributed by atoms with Crippen molar-refractivity contribution in [1.29, 1.82) is 0 Å². The standard InChI is InChI=1S/C4H6N4OS/c5-3-1-2-6-8(3)4(9)7-10/h1-2,10H,5H2,(H,7,9). The normalized spacial score (nSPS) is 9.30. The molecule has 0 aliphatic rings. The van der Waals surface area contributed by atoms with E-state index in [1.807, 2.05) is 0 Å². The Morgan fingerprint density at radius 3 is 3.00 bits per heavy atom. The Labute approximate surface area is 62.7 Å². The highest BCUT2D eigenvalue weighted by atomic mass is 32.1. The van der Waals surface area contributed by atoms with Gasteiger partial charge >= 0.3 is 6.03 Å². The van der Waals surface area contributed by atoms with Crippen LogP contribution in [-0.4, -0.2) is 15.8 Å². The van der Waals surface area contributed by atoms with Crippen LogP contribution >= 0.6 is 12.8 Å². The summed E-state index contributed by atoms with van der Waals surface area (Å²) in [6.45, 7) is 0. The number of rotatable bonds is 0. The van der Waals surface area contributed by atoms with E-state index in [0.717, 1.165) is 4.68 Å². The molecule has 0 saturated heterocycles. The maximum Gasteiger partial charge on any atom is 0.353 e. The highest BCUT2D eigenvalue weighted by Gasteiger charge is 2.04. The van der Waals surface area contributed by atoms with Gasteiger partial charge in [-0.3, -0.25) is 4.72 Å². The Kier molecular flexibility index (Phi) is 1.81. The number of anilines is 1. The summed E-state index contributed by atoms with van der Waals surface area (Å²) < 4.78 is 3.09. The molecule has 54 valence electrons. The molecule has 0 aliphatic heterocycles. The largest absolute Gasteiger partial charge is 0.383 e. The minimum Gasteiger partial charge on any atom is -0.383 e. The molecule has 0 aliphatic carbocycles. The van der Waals surface area contributed by atoms with Crippen molar-refractivity contribution in [3.63, 3.8) is 0 Å². The van der Waals surface area contributed by atoms with Gasteiger partial charge in [-0.25, -0.2) is 4.79 Å². The minimum absolute atomic E-state index is 0.284. The van der Waals surface area contributed by atoms with Crippen molar-refractivity contribution in [2.75, 3.05) is 5.73 Å². The fraction of sp³-hybridized carbons (Fsp3) is 0. The monoisotopic (exact) mass is 158 g/mol. The molecule has 10 heavy (non-hydrogen) atoms. The summed E-state index contributed by atoms with van der Waals surface area (Å²) in [5.41, 5.74) is 5.32. The molecule has 0 radical (unpaired) electrons. The van der Waals surface area contributed by atoms with Crippen LogP contribution in [0.25, 0.3) is 0 Å². The number of nitrogens with one attached hydrogen (secondary N) is 1. The summed E-state index contributed by atoms with van der Waals surface area (Å²) >= 11 is 3.53. The van der Waals surface area contributed by atoms with Gasteiger partial charge in [-0.1, -0.05) is 12.8 Å². The molecule has 1 heterocycles. The lowest BCUT2D eigenvalue weighted by molar-refractivity contribution is 0.246. The van der Waals surface area contributed by atoms with Crippen LogP contribution in [0.3, 0.4) is 0 Å². The maximum atomic E-state index is 10.7. The van der Waals surface area contributed by atoms with Crippen LogP contribution in [-0.2, 0) is 0 Å². The number of thiol groups is 1. The van der Waals surface area contributed by atoms with E-state index < -0.39 is 6.03 Å². The first-order valence-corrected chi connectivity index (χ1v) is 2.94. The predicted molar refractivity (Wildman–Crippen MR) is 39.6 cm³/mol.